The summed E-state index contributed by atoms with van der Waals surface area (Å²) in [6.45, 7) is 1.87. The van der Waals surface area contributed by atoms with Gasteiger partial charge in [-0.25, -0.2) is 0 Å². The van der Waals surface area contributed by atoms with Crippen molar-refractivity contribution in [2.45, 2.75) is 31.6 Å². The van der Waals surface area contributed by atoms with Crippen LogP contribution in [0.25, 0.3) is 0 Å². The largest absolute Gasteiger partial charge is 0.497 e. The lowest BCUT2D eigenvalue weighted by Gasteiger charge is -2.37. The Hall–Kier alpha value is -4.59. The summed E-state index contributed by atoms with van der Waals surface area (Å²) in [5.41, 5.74) is 4.91. The molecule has 0 bridgehead atoms. The summed E-state index contributed by atoms with van der Waals surface area (Å²) >= 11 is 0. The third kappa shape index (κ3) is 5.10. The van der Waals surface area contributed by atoms with Gasteiger partial charge < -0.3 is 24.8 Å². The van der Waals surface area contributed by atoms with Gasteiger partial charge in [0.1, 0.15) is 17.2 Å². The SMILES string of the molecule is COc1ccc(C2CC(=O)C3=C(C2)NC(C)=C(C(=O)Nc2cccnc2)C3c2ccc(OC)cc2OC)cc1. The number of pyridine rings is 1. The molecule has 0 radical (unpaired) electrons. The van der Waals surface area contributed by atoms with Crippen LogP contribution in [0, 0.1) is 0 Å². The summed E-state index contributed by atoms with van der Waals surface area (Å²) in [5.74, 6) is 0.994. The van der Waals surface area contributed by atoms with Gasteiger partial charge >= 0.3 is 0 Å². The molecule has 0 saturated heterocycles. The standard InChI is InChI=1S/C31H31N3O5/c1-18-28(31(36)34-21-6-5-13-32-17-21)29(24-12-11-23(38-3)16-27(24)39-4)30-25(33-18)14-20(15-26(30)35)19-7-9-22(37-2)10-8-19/h5-13,16-17,20,29,33H,14-15H2,1-4H3,(H,34,36). The number of ether oxygens (including phenoxy) is 3. The van der Waals surface area contributed by atoms with Crippen LogP contribution in [-0.4, -0.2) is 38.0 Å². The maximum Gasteiger partial charge on any atom is 0.254 e. The second kappa shape index (κ2) is 11.0. The molecule has 3 aromatic rings. The van der Waals surface area contributed by atoms with E-state index >= 15 is 0 Å². The highest BCUT2D eigenvalue weighted by Crippen LogP contribution is 2.48. The van der Waals surface area contributed by atoms with Gasteiger partial charge in [-0.1, -0.05) is 18.2 Å². The van der Waals surface area contributed by atoms with E-state index in [0.717, 1.165) is 22.6 Å². The van der Waals surface area contributed by atoms with Crippen molar-refractivity contribution in [3.8, 4) is 17.2 Å². The third-order valence-electron chi connectivity index (χ3n) is 7.33. The summed E-state index contributed by atoms with van der Waals surface area (Å²) in [4.78, 5) is 31.8. The number of anilines is 1. The van der Waals surface area contributed by atoms with Crippen LogP contribution in [0.1, 0.15) is 42.7 Å². The number of carbonyl (C=O) groups excluding carboxylic acids is 2. The van der Waals surface area contributed by atoms with E-state index in [1.165, 1.54) is 0 Å². The van der Waals surface area contributed by atoms with Gasteiger partial charge in [-0.15, -0.1) is 0 Å². The molecule has 39 heavy (non-hydrogen) atoms. The Kier molecular flexibility index (Phi) is 7.36. The smallest absolute Gasteiger partial charge is 0.254 e. The predicted molar refractivity (Wildman–Crippen MR) is 148 cm³/mol. The van der Waals surface area contributed by atoms with Gasteiger partial charge in [0.05, 0.1) is 39.1 Å². The fraction of sp³-hybridized carbons (Fsp3) is 0.258. The lowest BCUT2D eigenvalue weighted by atomic mass is 9.71. The maximum absolute atomic E-state index is 13.9. The molecule has 1 aliphatic carbocycles. The topological polar surface area (TPSA) is 98.8 Å². The van der Waals surface area contributed by atoms with Crippen LogP contribution in [0.15, 0.2) is 89.5 Å². The summed E-state index contributed by atoms with van der Waals surface area (Å²) in [6.07, 6.45) is 4.20. The highest BCUT2D eigenvalue weighted by molar-refractivity contribution is 6.10. The van der Waals surface area contributed by atoms with E-state index in [0.29, 0.717) is 46.9 Å². The van der Waals surface area contributed by atoms with Crippen molar-refractivity contribution in [2.75, 3.05) is 26.6 Å². The first-order chi connectivity index (χ1) is 18.9. The number of nitrogens with one attached hydrogen (secondary N) is 2. The molecule has 2 unspecified atom stereocenters. The maximum atomic E-state index is 13.9. The van der Waals surface area contributed by atoms with Gasteiger partial charge in [-0.3, -0.25) is 14.6 Å². The van der Waals surface area contributed by atoms with Gasteiger partial charge in [0, 0.05) is 46.8 Å². The number of hydrogen-bond acceptors (Lipinski definition) is 7. The van der Waals surface area contributed by atoms with Gasteiger partial charge in [0.15, 0.2) is 5.78 Å². The molecular formula is C31H31N3O5. The monoisotopic (exact) mass is 525 g/mol. The van der Waals surface area contributed by atoms with Crippen LogP contribution in [-0.2, 0) is 9.59 Å². The van der Waals surface area contributed by atoms with Gasteiger partial charge in [0.25, 0.3) is 5.91 Å². The van der Waals surface area contributed by atoms with Crippen molar-refractivity contribution in [3.63, 3.8) is 0 Å². The minimum atomic E-state index is -0.622. The van der Waals surface area contributed by atoms with Crippen LogP contribution in [0.5, 0.6) is 17.2 Å². The van der Waals surface area contributed by atoms with E-state index in [-0.39, 0.29) is 17.6 Å². The quantitative estimate of drug-likeness (QED) is 0.442. The van der Waals surface area contributed by atoms with Gasteiger partial charge in [-0.05, 0) is 55.2 Å². The van der Waals surface area contributed by atoms with Crippen molar-refractivity contribution in [1.29, 1.82) is 0 Å². The molecule has 2 aromatic carbocycles. The molecule has 1 aromatic heterocycles. The number of carbonyl (C=O) groups is 2. The molecule has 1 aliphatic heterocycles. The molecular weight excluding hydrogens is 494 g/mol. The van der Waals surface area contributed by atoms with E-state index in [1.54, 1.807) is 51.9 Å². The van der Waals surface area contributed by atoms with Crippen molar-refractivity contribution in [3.05, 3.63) is 101 Å². The fourth-order valence-electron chi connectivity index (χ4n) is 5.45. The Labute approximate surface area is 227 Å². The van der Waals surface area contributed by atoms with Crippen molar-refractivity contribution < 1.29 is 23.8 Å². The number of methoxy groups -OCH3 is 3. The zero-order chi connectivity index (χ0) is 27.5. The molecule has 2 aliphatic rings. The molecule has 0 saturated carbocycles. The summed E-state index contributed by atoms with van der Waals surface area (Å²) in [6, 6.07) is 16.8. The molecule has 0 spiro atoms. The Morgan fingerprint density at radius 1 is 0.974 bits per heavy atom. The van der Waals surface area contributed by atoms with Crippen LogP contribution in [0.4, 0.5) is 5.69 Å². The molecule has 2 N–H and O–H groups in total. The number of Topliss-reactive ketones (excluding diaryl/α,β-unsaturated/α-hetero) is 1. The second-order valence-corrected chi connectivity index (χ2v) is 9.59. The number of ketones is 1. The Balaban J connectivity index is 1.59. The first-order valence-electron chi connectivity index (χ1n) is 12.7. The molecule has 2 heterocycles. The second-order valence-electron chi connectivity index (χ2n) is 9.59. The molecule has 8 nitrogen and oxygen atoms in total. The fourth-order valence-corrected chi connectivity index (χ4v) is 5.45. The Morgan fingerprint density at radius 2 is 1.72 bits per heavy atom. The average molecular weight is 526 g/mol. The molecule has 8 heteroatoms. The summed E-state index contributed by atoms with van der Waals surface area (Å²) in [5, 5.41) is 6.37. The van der Waals surface area contributed by atoms with E-state index in [2.05, 4.69) is 15.6 Å². The van der Waals surface area contributed by atoms with Crippen molar-refractivity contribution in [2.24, 2.45) is 0 Å². The van der Waals surface area contributed by atoms with Gasteiger partial charge in [0.2, 0.25) is 0 Å². The number of rotatable bonds is 7. The number of amides is 1. The number of hydrogen-bond donors (Lipinski definition) is 2. The zero-order valence-electron chi connectivity index (χ0n) is 22.4. The molecule has 5 rings (SSSR count). The van der Waals surface area contributed by atoms with E-state index in [9.17, 15) is 9.59 Å². The van der Waals surface area contributed by atoms with Crippen LogP contribution >= 0.6 is 0 Å². The van der Waals surface area contributed by atoms with E-state index in [1.807, 2.05) is 43.3 Å². The Morgan fingerprint density at radius 3 is 2.38 bits per heavy atom. The van der Waals surface area contributed by atoms with Crippen LogP contribution in [0.2, 0.25) is 0 Å². The van der Waals surface area contributed by atoms with E-state index in [4.69, 9.17) is 14.2 Å². The van der Waals surface area contributed by atoms with Crippen LogP contribution in [0.3, 0.4) is 0 Å². The predicted octanol–water partition coefficient (Wildman–Crippen LogP) is 5.11. The minimum Gasteiger partial charge on any atom is -0.497 e. The first kappa shape index (κ1) is 26.0. The lowest BCUT2D eigenvalue weighted by molar-refractivity contribution is -0.116. The first-order valence-corrected chi connectivity index (χ1v) is 12.7. The minimum absolute atomic E-state index is 0.00615. The Bertz CT molecular complexity index is 1460. The third-order valence-corrected chi connectivity index (χ3v) is 7.33. The summed E-state index contributed by atoms with van der Waals surface area (Å²) in [7, 11) is 4.79. The lowest BCUT2D eigenvalue weighted by Crippen LogP contribution is -2.37. The number of aromatic nitrogens is 1. The number of dihydropyridines is 1. The van der Waals surface area contributed by atoms with Crippen molar-refractivity contribution in [1.82, 2.24) is 10.3 Å². The molecule has 0 fully saturated rings. The van der Waals surface area contributed by atoms with Crippen molar-refractivity contribution >= 4 is 17.4 Å². The average Bonchev–Trinajstić information content (AvgIpc) is 2.96. The highest BCUT2D eigenvalue weighted by Gasteiger charge is 2.42. The number of nitrogens with zero attached hydrogens (tertiary/aromatic N) is 1. The normalized spacial score (nSPS) is 18.7. The van der Waals surface area contributed by atoms with Crippen LogP contribution < -0.4 is 24.8 Å². The molecule has 200 valence electrons. The van der Waals surface area contributed by atoms with E-state index < -0.39 is 5.92 Å². The van der Waals surface area contributed by atoms with Gasteiger partial charge in [-0.2, -0.15) is 0 Å². The summed E-state index contributed by atoms with van der Waals surface area (Å²) < 4.78 is 16.4. The zero-order valence-corrected chi connectivity index (χ0v) is 22.4. The molecule has 2 atom stereocenters. The highest BCUT2D eigenvalue weighted by atomic mass is 16.5. The number of allylic oxidation sites excluding steroid dienone is 3. The molecule has 1 amide bonds. The number of benzene rings is 2.